The summed E-state index contributed by atoms with van der Waals surface area (Å²) < 4.78 is 28.1. The fraction of sp³-hybridized carbons (Fsp3) is 0.909. The summed E-state index contributed by atoms with van der Waals surface area (Å²) in [5, 5.41) is 1.39. The van der Waals surface area contributed by atoms with Gasteiger partial charge in [-0.3, -0.25) is 0 Å². The summed E-state index contributed by atoms with van der Waals surface area (Å²) >= 11 is 0. The van der Waals surface area contributed by atoms with E-state index in [0.29, 0.717) is 68.8 Å². The molecule has 0 radical (unpaired) electrons. The Kier molecular flexibility index (Phi) is 22.4. The number of hydrogen-bond donors (Lipinski definition) is 0. The number of benzene rings is 1. The van der Waals surface area contributed by atoms with E-state index in [9.17, 15) is 12.3 Å². The molecule has 7 rings (SSSR count). The topological polar surface area (TPSA) is 27.7 Å². The molecular weight excluding hydrogens is 953 g/mol. The summed E-state index contributed by atoms with van der Waals surface area (Å²) in [7, 11) is -10.1. The molecule has 0 aliphatic heterocycles. The molecule has 6 aliphatic carbocycles. The maximum atomic E-state index is 9.38. The van der Waals surface area contributed by atoms with E-state index in [1.165, 1.54) is 121 Å². The van der Waals surface area contributed by atoms with Gasteiger partial charge in [0.15, 0.2) is 27.1 Å². The van der Waals surface area contributed by atoms with Gasteiger partial charge in [0.25, 0.3) is 0 Å². The largest absolute Gasteiger partial charge is 0.505 e. The van der Waals surface area contributed by atoms with E-state index in [4.69, 9.17) is 0 Å². The molecule has 3 nitrogen and oxygen atoms in total. The van der Waals surface area contributed by atoms with Crippen LogP contribution < -0.4 is 5.19 Å². The minimum atomic E-state index is -3.70. The van der Waals surface area contributed by atoms with Crippen molar-refractivity contribution in [2.45, 2.75) is 273 Å². The van der Waals surface area contributed by atoms with Crippen LogP contribution in [0.25, 0.3) is 0 Å². The van der Waals surface area contributed by atoms with Crippen molar-refractivity contribution < 1.29 is 12.3 Å². The van der Waals surface area contributed by atoms with Gasteiger partial charge in [0.1, 0.15) is 0 Å². The van der Waals surface area contributed by atoms with Crippen LogP contribution >= 0.6 is 0 Å². The van der Waals surface area contributed by atoms with Gasteiger partial charge in [0.2, 0.25) is 0 Å². The summed E-state index contributed by atoms with van der Waals surface area (Å²) in [6.45, 7) is 46.9. The van der Waals surface area contributed by atoms with Crippen LogP contribution in [0.5, 0.6) is 0 Å². The lowest BCUT2D eigenvalue weighted by molar-refractivity contribution is 0.156. The molecule has 0 spiro atoms. The van der Waals surface area contributed by atoms with E-state index in [2.05, 4.69) is 155 Å². The zero-order chi connectivity index (χ0) is 53.1. The molecule has 0 bridgehead atoms. The third-order valence-electron chi connectivity index (χ3n) is 23.0. The van der Waals surface area contributed by atoms with E-state index < -0.39 is 35.9 Å². The van der Waals surface area contributed by atoms with E-state index in [1.807, 2.05) is 0 Å². The molecule has 7 heteroatoms. The molecule has 1 aromatic carbocycles. The fourth-order valence-electron chi connectivity index (χ4n) is 18.9. The second kappa shape index (κ2) is 27.0. The number of hydrogen-bond acceptors (Lipinski definition) is 3. The average molecular weight is 1080 g/mol. The lowest BCUT2D eigenvalue weighted by Crippen LogP contribution is -2.68. The Morgan fingerprint density at radius 1 is 0.315 bits per heavy atom. The van der Waals surface area contributed by atoms with Crippen LogP contribution in [0, 0.1) is 107 Å². The lowest BCUT2D eigenvalue weighted by Gasteiger charge is -2.55. The fourth-order valence-corrected chi connectivity index (χ4v) is 44.8. The van der Waals surface area contributed by atoms with Crippen LogP contribution in [-0.2, 0) is 12.3 Å². The van der Waals surface area contributed by atoms with Gasteiger partial charge < -0.3 is 12.3 Å². The molecule has 18 unspecified atom stereocenters. The van der Waals surface area contributed by atoms with Crippen molar-refractivity contribution in [2.75, 3.05) is 0 Å². The van der Waals surface area contributed by atoms with Gasteiger partial charge in [-0.15, -0.1) is 0 Å². The van der Waals surface area contributed by atoms with E-state index in [0.717, 1.165) is 71.0 Å². The van der Waals surface area contributed by atoms with E-state index in [1.54, 1.807) is 0 Å². The van der Waals surface area contributed by atoms with Crippen LogP contribution in [-0.4, -0.2) is 35.9 Å². The van der Waals surface area contributed by atoms with Crippen molar-refractivity contribution in [3.8, 4) is 0 Å². The van der Waals surface area contributed by atoms with E-state index in [-0.39, 0.29) is 0 Å². The minimum absolute atomic E-state index is 0.663. The second-order valence-electron chi connectivity index (χ2n) is 30.6. The zero-order valence-corrected chi connectivity index (χ0v) is 55.9. The Bertz CT molecular complexity index is 1500. The predicted octanol–water partition coefficient (Wildman–Crippen LogP) is 18.8. The molecule has 73 heavy (non-hydrogen) atoms. The first-order chi connectivity index (χ1) is 34.6. The summed E-state index contributed by atoms with van der Waals surface area (Å²) in [4.78, 5) is 0. The van der Waals surface area contributed by atoms with Gasteiger partial charge in [-0.1, -0.05) is 193 Å². The summed E-state index contributed by atoms with van der Waals surface area (Å²) in [5.74, 6) is 12.9. The van der Waals surface area contributed by atoms with Crippen LogP contribution in [0.15, 0.2) is 30.3 Å². The quantitative estimate of drug-likeness (QED) is 0.129. The third kappa shape index (κ3) is 14.7. The normalized spacial score (nSPS) is 40.3. The van der Waals surface area contributed by atoms with Crippen LogP contribution in [0.4, 0.5) is 0 Å². The Balaban J connectivity index is 1.57. The first-order valence-corrected chi connectivity index (χ1v) is 39.8. The molecule has 6 fully saturated rings. The molecular formula is C66H122O3Si4. The highest BCUT2D eigenvalue weighted by molar-refractivity contribution is 6.90. The first kappa shape index (κ1) is 60.6. The first-order valence-electron chi connectivity index (χ1n) is 32.7. The average Bonchev–Trinajstić information content (AvgIpc) is 3.33. The number of rotatable bonds is 19. The highest BCUT2D eigenvalue weighted by atomic mass is 28.5. The highest BCUT2D eigenvalue weighted by Gasteiger charge is 2.60. The molecule has 0 amide bonds. The van der Waals surface area contributed by atoms with E-state index >= 15 is 0 Å². The van der Waals surface area contributed by atoms with Gasteiger partial charge in [0.05, 0.1) is 0 Å². The zero-order valence-electron chi connectivity index (χ0n) is 51.4. The van der Waals surface area contributed by atoms with Gasteiger partial charge in [-0.05, 0) is 217 Å². The predicted molar refractivity (Wildman–Crippen MR) is 327 cm³/mol. The molecule has 1 aromatic rings. The monoisotopic (exact) mass is 1070 g/mol. The maximum absolute atomic E-state index is 9.38. The summed E-state index contributed by atoms with van der Waals surface area (Å²) in [5.41, 5.74) is 3.98. The maximum Gasteiger partial charge on any atom is 0.505 e. The van der Waals surface area contributed by atoms with Crippen molar-refractivity contribution in [1.29, 1.82) is 0 Å². The SMILES string of the molecule is CC1CCC(C(C)C)C([SiH](O[Si](O[SiH](C2CC(C)CCC2C(C)C)C2CC(C)CCC2C(C)C)(O[SiH](C2CC(C)CCC2C(C)C)C2CC(C)CCC2C(C)C)c2ccccc2)C2CC(C)CCC2C(C)C)C1. The molecule has 6 aliphatic rings. The van der Waals surface area contributed by atoms with Crippen LogP contribution in [0.2, 0.25) is 33.2 Å². The molecule has 0 heterocycles. The Morgan fingerprint density at radius 2 is 0.507 bits per heavy atom. The minimum Gasteiger partial charge on any atom is -0.415 e. The molecule has 0 aromatic heterocycles. The molecule has 18 atom stereocenters. The molecule has 0 saturated heterocycles. The summed E-state index contributed by atoms with van der Waals surface area (Å²) in [6.07, 6.45) is 24.7. The van der Waals surface area contributed by atoms with Crippen molar-refractivity contribution >= 4 is 41.1 Å². The van der Waals surface area contributed by atoms with Crippen molar-refractivity contribution in [1.82, 2.24) is 0 Å². The Labute approximate surface area is 461 Å². The summed E-state index contributed by atoms with van der Waals surface area (Å²) in [6, 6.07) is 12.2. The Hall–Kier alpha value is -0.0325. The van der Waals surface area contributed by atoms with Crippen molar-refractivity contribution in [3.63, 3.8) is 0 Å². The smallest absolute Gasteiger partial charge is 0.415 e. The molecule has 420 valence electrons. The standard InChI is InChI=1S/C66H122O3Si4/c1-42(2)55-30-24-48(13)36-61(55)70(62-37-49(14)25-31-56(62)43(3)4)67-73(54-22-20-19-21-23-54,68-71(63-38-50(15)26-32-57(63)44(5)6)64-39-51(16)27-33-58(64)45(7)8)69-72(65-40-52(17)28-34-59(65)46(9)10)66-41-53(18)29-35-60(66)47(11)12/h19-23,42-53,55-66,70-72H,24-41H2,1-18H3. The van der Waals surface area contributed by atoms with Crippen LogP contribution in [0.3, 0.4) is 0 Å². The second-order valence-corrected chi connectivity index (χ2v) is 43.1. The van der Waals surface area contributed by atoms with Crippen LogP contribution in [0.1, 0.15) is 240 Å². The van der Waals surface area contributed by atoms with Gasteiger partial charge in [-0.2, -0.15) is 0 Å². The molecule has 0 N–H and O–H groups in total. The Morgan fingerprint density at radius 3 is 0.685 bits per heavy atom. The molecule has 6 saturated carbocycles. The third-order valence-corrected chi connectivity index (χ3v) is 40.7. The van der Waals surface area contributed by atoms with Crippen molar-refractivity contribution in [3.05, 3.63) is 30.3 Å². The van der Waals surface area contributed by atoms with Gasteiger partial charge in [0, 0.05) is 5.19 Å². The van der Waals surface area contributed by atoms with Gasteiger partial charge >= 0.3 is 8.80 Å². The van der Waals surface area contributed by atoms with Crippen molar-refractivity contribution in [2.24, 2.45) is 107 Å². The van der Waals surface area contributed by atoms with Gasteiger partial charge in [-0.25, -0.2) is 0 Å². The lowest BCUT2D eigenvalue weighted by atomic mass is 9.76. The highest BCUT2D eigenvalue weighted by Crippen LogP contribution is 2.58.